The van der Waals surface area contributed by atoms with Gasteiger partial charge in [-0.05, 0) is 44.2 Å². The number of anilines is 1. The first-order valence-electron chi connectivity index (χ1n) is 7.94. The SMILES string of the molecule is O=C(c1cccnc1NCC1CCCO1)N1CCCCC1. The van der Waals surface area contributed by atoms with Crippen LogP contribution in [0.1, 0.15) is 42.5 Å². The fourth-order valence-corrected chi connectivity index (χ4v) is 3.00. The van der Waals surface area contributed by atoms with Gasteiger partial charge >= 0.3 is 0 Å². The highest BCUT2D eigenvalue weighted by atomic mass is 16.5. The number of amides is 1. The Balaban J connectivity index is 1.67. The molecule has 2 aliphatic heterocycles. The lowest BCUT2D eigenvalue weighted by Gasteiger charge is -2.27. The molecule has 2 fully saturated rings. The zero-order chi connectivity index (χ0) is 14.5. The Hall–Kier alpha value is -1.62. The van der Waals surface area contributed by atoms with E-state index in [9.17, 15) is 4.79 Å². The quantitative estimate of drug-likeness (QED) is 0.924. The van der Waals surface area contributed by atoms with Crippen molar-refractivity contribution in [3.63, 3.8) is 0 Å². The average Bonchev–Trinajstić information content (AvgIpc) is 3.07. The van der Waals surface area contributed by atoms with Crippen LogP contribution in [0.3, 0.4) is 0 Å². The molecule has 3 heterocycles. The maximum absolute atomic E-state index is 12.6. The number of ether oxygens (including phenoxy) is 1. The summed E-state index contributed by atoms with van der Waals surface area (Å²) in [6, 6.07) is 3.69. The molecule has 1 amide bonds. The predicted molar refractivity (Wildman–Crippen MR) is 81.5 cm³/mol. The van der Waals surface area contributed by atoms with Gasteiger partial charge in [0.2, 0.25) is 0 Å². The van der Waals surface area contributed by atoms with Crippen molar-refractivity contribution in [2.24, 2.45) is 0 Å². The van der Waals surface area contributed by atoms with Crippen LogP contribution in [0.15, 0.2) is 18.3 Å². The van der Waals surface area contributed by atoms with Crippen molar-refractivity contribution >= 4 is 11.7 Å². The van der Waals surface area contributed by atoms with Crippen molar-refractivity contribution in [2.75, 3.05) is 31.6 Å². The highest BCUT2D eigenvalue weighted by Gasteiger charge is 2.22. The Labute approximate surface area is 125 Å². The van der Waals surface area contributed by atoms with Crippen LogP contribution in [-0.2, 0) is 4.74 Å². The first-order valence-corrected chi connectivity index (χ1v) is 7.94. The zero-order valence-corrected chi connectivity index (χ0v) is 12.4. The fraction of sp³-hybridized carbons (Fsp3) is 0.625. The van der Waals surface area contributed by atoms with E-state index in [0.717, 1.165) is 51.9 Å². The summed E-state index contributed by atoms with van der Waals surface area (Å²) < 4.78 is 5.61. The number of pyridine rings is 1. The summed E-state index contributed by atoms with van der Waals surface area (Å²) in [5, 5.41) is 3.29. The van der Waals surface area contributed by atoms with Gasteiger partial charge in [-0.2, -0.15) is 0 Å². The third kappa shape index (κ3) is 3.53. The molecule has 1 unspecified atom stereocenters. The van der Waals surface area contributed by atoms with E-state index >= 15 is 0 Å². The number of piperidine rings is 1. The van der Waals surface area contributed by atoms with Gasteiger partial charge in [0.25, 0.3) is 5.91 Å². The third-order valence-corrected chi connectivity index (χ3v) is 4.20. The molecule has 1 aromatic heterocycles. The van der Waals surface area contributed by atoms with E-state index in [-0.39, 0.29) is 12.0 Å². The molecule has 1 aromatic rings. The van der Waals surface area contributed by atoms with Gasteiger partial charge in [-0.25, -0.2) is 4.98 Å². The number of rotatable bonds is 4. The zero-order valence-electron chi connectivity index (χ0n) is 12.4. The van der Waals surface area contributed by atoms with Crippen LogP contribution in [0.5, 0.6) is 0 Å². The van der Waals surface area contributed by atoms with Crippen molar-refractivity contribution in [1.82, 2.24) is 9.88 Å². The summed E-state index contributed by atoms with van der Waals surface area (Å²) in [4.78, 5) is 18.9. The monoisotopic (exact) mass is 289 g/mol. The van der Waals surface area contributed by atoms with Gasteiger partial charge in [0.1, 0.15) is 5.82 Å². The van der Waals surface area contributed by atoms with Crippen molar-refractivity contribution < 1.29 is 9.53 Å². The molecule has 0 radical (unpaired) electrons. The van der Waals surface area contributed by atoms with E-state index in [1.54, 1.807) is 6.20 Å². The van der Waals surface area contributed by atoms with Crippen LogP contribution >= 0.6 is 0 Å². The first kappa shape index (κ1) is 14.3. The van der Waals surface area contributed by atoms with E-state index in [1.807, 2.05) is 17.0 Å². The van der Waals surface area contributed by atoms with Crippen LogP contribution in [0, 0.1) is 0 Å². The highest BCUT2D eigenvalue weighted by molar-refractivity contribution is 5.98. The van der Waals surface area contributed by atoms with Gasteiger partial charge in [0, 0.05) is 32.4 Å². The summed E-state index contributed by atoms with van der Waals surface area (Å²) in [5.41, 5.74) is 0.678. The van der Waals surface area contributed by atoms with Gasteiger partial charge in [-0.1, -0.05) is 0 Å². The number of nitrogens with zero attached hydrogens (tertiary/aromatic N) is 2. The molecule has 2 saturated heterocycles. The lowest BCUT2D eigenvalue weighted by molar-refractivity contribution is 0.0724. The molecule has 0 saturated carbocycles. The lowest BCUT2D eigenvalue weighted by atomic mass is 10.1. The minimum absolute atomic E-state index is 0.0950. The smallest absolute Gasteiger partial charge is 0.257 e. The van der Waals surface area contributed by atoms with Crippen LogP contribution < -0.4 is 5.32 Å². The molecule has 0 aliphatic carbocycles. The van der Waals surface area contributed by atoms with Crippen molar-refractivity contribution in [3.8, 4) is 0 Å². The van der Waals surface area contributed by atoms with Gasteiger partial charge in [0.15, 0.2) is 0 Å². The average molecular weight is 289 g/mol. The van der Waals surface area contributed by atoms with Crippen LogP contribution in [0.4, 0.5) is 5.82 Å². The second-order valence-corrected chi connectivity index (χ2v) is 5.77. The second kappa shape index (κ2) is 6.89. The van der Waals surface area contributed by atoms with Gasteiger partial charge in [0.05, 0.1) is 11.7 Å². The maximum atomic E-state index is 12.6. The number of carbonyl (C=O) groups excluding carboxylic acids is 1. The molecule has 3 rings (SSSR count). The van der Waals surface area contributed by atoms with E-state index in [4.69, 9.17) is 4.74 Å². The summed E-state index contributed by atoms with van der Waals surface area (Å²) in [6.45, 7) is 3.28. The third-order valence-electron chi connectivity index (χ3n) is 4.20. The molecule has 1 N–H and O–H groups in total. The van der Waals surface area contributed by atoms with Gasteiger partial charge in [-0.15, -0.1) is 0 Å². The lowest BCUT2D eigenvalue weighted by Crippen LogP contribution is -2.36. The number of nitrogens with one attached hydrogen (secondary N) is 1. The number of hydrogen-bond donors (Lipinski definition) is 1. The summed E-state index contributed by atoms with van der Waals surface area (Å²) in [6.07, 6.45) is 7.59. The molecule has 1 atom stereocenters. The minimum Gasteiger partial charge on any atom is -0.376 e. The Bertz CT molecular complexity index is 480. The Morgan fingerprint density at radius 2 is 2.19 bits per heavy atom. The normalized spacial score (nSPS) is 22.3. The van der Waals surface area contributed by atoms with E-state index in [0.29, 0.717) is 11.4 Å². The molecule has 5 heteroatoms. The van der Waals surface area contributed by atoms with E-state index < -0.39 is 0 Å². The largest absolute Gasteiger partial charge is 0.376 e. The minimum atomic E-state index is 0.0950. The fourth-order valence-electron chi connectivity index (χ4n) is 3.00. The Morgan fingerprint density at radius 3 is 2.95 bits per heavy atom. The standard InChI is InChI=1S/C16H23N3O2/c20-16(19-9-2-1-3-10-19)14-7-4-8-17-15(14)18-12-13-6-5-11-21-13/h4,7-8,13H,1-3,5-6,9-12H2,(H,17,18). The maximum Gasteiger partial charge on any atom is 0.257 e. The second-order valence-electron chi connectivity index (χ2n) is 5.77. The number of hydrogen-bond acceptors (Lipinski definition) is 4. The summed E-state index contributed by atoms with van der Waals surface area (Å²) in [5.74, 6) is 0.779. The molecule has 114 valence electrons. The topological polar surface area (TPSA) is 54.5 Å². The molecular weight excluding hydrogens is 266 g/mol. The predicted octanol–water partition coefficient (Wildman–Crippen LogP) is 2.30. The highest BCUT2D eigenvalue weighted by Crippen LogP contribution is 2.19. The first-order chi connectivity index (χ1) is 10.3. The molecule has 21 heavy (non-hydrogen) atoms. The Kier molecular flexibility index (Phi) is 4.70. The van der Waals surface area contributed by atoms with Gasteiger partial charge < -0.3 is 15.0 Å². The summed E-state index contributed by atoms with van der Waals surface area (Å²) >= 11 is 0. The summed E-state index contributed by atoms with van der Waals surface area (Å²) in [7, 11) is 0. The number of aromatic nitrogens is 1. The number of carbonyl (C=O) groups is 1. The van der Waals surface area contributed by atoms with Crippen molar-refractivity contribution in [2.45, 2.75) is 38.2 Å². The molecule has 0 bridgehead atoms. The van der Waals surface area contributed by atoms with E-state index in [2.05, 4.69) is 10.3 Å². The molecule has 5 nitrogen and oxygen atoms in total. The van der Waals surface area contributed by atoms with Crippen LogP contribution in [-0.4, -0.2) is 48.1 Å². The molecule has 0 spiro atoms. The van der Waals surface area contributed by atoms with Crippen LogP contribution in [0.2, 0.25) is 0 Å². The van der Waals surface area contributed by atoms with E-state index in [1.165, 1.54) is 6.42 Å². The van der Waals surface area contributed by atoms with Crippen molar-refractivity contribution in [3.05, 3.63) is 23.9 Å². The van der Waals surface area contributed by atoms with Crippen LogP contribution in [0.25, 0.3) is 0 Å². The molecular formula is C16H23N3O2. The van der Waals surface area contributed by atoms with Gasteiger partial charge in [-0.3, -0.25) is 4.79 Å². The number of likely N-dealkylation sites (tertiary alicyclic amines) is 1. The Morgan fingerprint density at radius 1 is 1.33 bits per heavy atom. The molecule has 2 aliphatic rings. The van der Waals surface area contributed by atoms with Crippen molar-refractivity contribution in [1.29, 1.82) is 0 Å². The molecule has 0 aromatic carbocycles.